The highest BCUT2D eigenvalue weighted by Gasteiger charge is 2.10. The van der Waals surface area contributed by atoms with E-state index in [0.29, 0.717) is 5.69 Å². The third-order valence-corrected chi connectivity index (χ3v) is 2.54. The maximum Gasteiger partial charge on any atom is 0.246 e. The number of benzene rings is 1. The molecule has 1 rings (SSSR count). The number of nitrogens with one attached hydrogen (secondary N) is 1. The third-order valence-electron chi connectivity index (χ3n) is 2.54. The average molecular weight is 275 g/mol. The zero-order chi connectivity index (χ0) is 15.1. The summed E-state index contributed by atoms with van der Waals surface area (Å²) in [7, 11) is 1.59. The van der Waals surface area contributed by atoms with Gasteiger partial charge in [0.15, 0.2) is 0 Å². The number of hydrogen-bond donors (Lipinski definition) is 2. The summed E-state index contributed by atoms with van der Waals surface area (Å²) < 4.78 is 0. The summed E-state index contributed by atoms with van der Waals surface area (Å²) in [6, 6.07) is 7.29. The number of likely N-dealkylation sites (N-methyl/N-ethyl adjacent to an activating group) is 1. The molecule has 3 N–H and O–H groups in total. The molecule has 5 nitrogen and oxygen atoms in total. The Balaban J connectivity index is 2.55. The van der Waals surface area contributed by atoms with Crippen molar-refractivity contribution in [1.82, 2.24) is 10.2 Å². The normalized spacial score (nSPS) is 10.8. The van der Waals surface area contributed by atoms with E-state index in [1.807, 2.05) is 26.0 Å². The summed E-state index contributed by atoms with van der Waals surface area (Å²) in [4.78, 5) is 24.8. The molecule has 0 fully saturated rings. The molecule has 5 heteroatoms. The lowest BCUT2D eigenvalue weighted by atomic mass is 10.2. The maximum absolute atomic E-state index is 11.9. The predicted octanol–water partition coefficient (Wildman–Crippen LogP) is 1.26. The summed E-state index contributed by atoms with van der Waals surface area (Å²) in [5, 5.41) is 2.74. The first-order chi connectivity index (χ1) is 9.38. The van der Waals surface area contributed by atoms with Crippen molar-refractivity contribution >= 4 is 23.6 Å². The van der Waals surface area contributed by atoms with Gasteiger partial charge in [0.25, 0.3) is 0 Å². The minimum Gasteiger partial charge on any atom is -0.399 e. The summed E-state index contributed by atoms with van der Waals surface area (Å²) in [5.41, 5.74) is 7.14. The number of carbonyl (C=O) groups excluding carboxylic acids is 2. The second-order valence-corrected chi connectivity index (χ2v) is 4.92. The highest BCUT2D eigenvalue weighted by atomic mass is 16.2. The van der Waals surface area contributed by atoms with Crippen LogP contribution in [0.5, 0.6) is 0 Å². The molecule has 0 saturated carbocycles. The second kappa shape index (κ2) is 7.33. The van der Waals surface area contributed by atoms with Gasteiger partial charge in [-0.2, -0.15) is 0 Å². The highest BCUT2D eigenvalue weighted by Crippen LogP contribution is 2.08. The van der Waals surface area contributed by atoms with Gasteiger partial charge in [-0.15, -0.1) is 0 Å². The van der Waals surface area contributed by atoms with Crippen LogP contribution in [-0.2, 0) is 9.59 Å². The Labute approximate surface area is 119 Å². The lowest BCUT2D eigenvalue weighted by Crippen LogP contribution is -2.40. The number of hydrogen-bond acceptors (Lipinski definition) is 3. The molecule has 0 atom stereocenters. The molecule has 0 aromatic heterocycles. The molecule has 0 aliphatic heterocycles. The highest BCUT2D eigenvalue weighted by molar-refractivity contribution is 5.94. The van der Waals surface area contributed by atoms with E-state index in [0.717, 1.165) is 5.56 Å². The SMILES string of the molecule is CC(C)NC(=O)CN(C)C(=O)/C=C/c1cccc(N)c1. The lowest BCUT2D eigenvalue weighted by molar-refractivity contribution is -0.131. The molecule has 0 aliphatic rings. The van der Waals surface area contributed by atoms with Gasteiger partial charge in [0, 0.05) is 24.9 Å². The summed E-state index contributed by atoms with van der Waals surface area (Å²) in [6.07, 6.45) is 3.10. The Morgan fingerprint density at radius 3 is 2.70 bits per heavy atom. The fourth-order valence-electron chi connectivity index (χ4n) is 1.62. The molecule has 0 radical (unpaired) electrons. The van der Waals surface area contributed by atoms with Gasteiger partial charge in [-0.3, -0.25) is 9.59 Å². The van der Waals surface area contributed by atoms with Crippen LogP contribution in [0, 0.1) is 0 Å². The van der Waals surface area contributed by atoms with Crippen molar-refractivity contribution in [3.05, 3.63) is 35.9 Å². The molecule has 0 heterocycles. The predicted molar refractivity (Wildman–Crippen MR) is 80.8 cm³/mol. The number of nitrogen functional groups attached to an aromatic ring is 1. The van der Waals surface area contributed by atoms with Crippen LogP contribution >= 0.6 is 0 Å². The molecule has 2 amide bonds. The van der Waals surface area contributed by atoms with Crippen LogP contribution in [0.1, 0.15) is 19.4 Å². The Kier molecular flexibility index (Phi) is 5.77. The van der Waals surface area contributed by atoms with E-state index in [-0.39, 0.29) is 24.4 Å². The van der Waals surface area contributed by atoms with E-state index >= 15 is 0 Å². The number of amides is 2. The Hall–Kier alpha value is -2.30. The molecule has 1 aromatic carbocycles. The van der Waals surface area contributed by atoms with Gasteiger partial charge in [-0.05, 0) is 37.6 Å². The molecule has 108 valence electrons. The monoisotopic (exact) mass is 275 g/mol. The van der Waals surface area contributed by atoms with Crippen LogP contribution in [0.3, 0.4) is 0 Å². The first-order valence-corrected chi connectivity index (χ1v) is 6.46. The van der Waals surface area contributed by atoms with Crippen LogP contribution in [0.25, 0.3) is 6.08 Å². The van der Waals surface area contributed by atoms with Crippen LogP contribution in [0.15, 0.2) is 30.3 Å². The molecule has 0 aliphatic carbocycles. The van der Waals surface area contributed by atoms with Crippen molar-refractivity contribution in [2.75, 3.05) is 19.3 Å². The van der Waals surface area contributed by atoms with Crippen molar-refractivity contribution in [2.45, 2.75) is 19.9 Å². The summed E-state index contributed by atoms with van der Waals surface area (Å²) in [5.74, 6) is -0.403. The topological polar surface area (TPSA) is 75.4 Å². The number of anilines is 1. The first kappa shape index (κ1) is 15.8. The molecular weight excluding hydrogens is 254 g/mol. The van der Waals surface area contributed by atoms with Crippen LogP contribution < -0.4 is 11.1 Å². The zero-order valence-corrected chi connectivity index (χ0v) is 12.1. The van der Waals surface area contributed by atoms with Gasteiger partial charge in [0.2, 0.25) is 11.8 Å². The van der Waals surface area contributed by atoms with Gasteiger partial charge in [-0.1, -0.05) is 12.1 Å². The van der Waals surface area contributed by atoms with Crippen molar-refractivity contribution in [3.63, 3.8) is 0 Å². The number of rotatable bonds is 5. The van der Waals surface area contributed by atoms with Crippen molar-refractivity contribution in [2.24, 2.45) is 0 Å². The molecule has 0 spiro atoms. The number of nitrogens with two attached hydrogens (primary N) is 1. The van der Waals surface area contributed by atoms with E-state index in [2.05, 4.69) is 5.32 Å². The minimum atomic E-state index is -0.230. The Bertz CT molecular complexity index is 510. The quantitative estimate of drug-likeness (QED) is 0.627. The maximum atomic E-state index is 11.9. The first-order valence-electron chi connectivity index (χ1n) is 6.46. The van der Waals surface area contributed by atoms with Gasteiger partial charge in [0.05, 0.1) is 6.54 Å². The third kappa shape index (κ3) is 5.56. The van der Waals surface area contributed by atoms with Gasteiger partial charge in [-0.25, -0.2) is 0 Å². The fourth-order valence-corrected chi connectivity index (χ4v) is 1.62. The second-order valence-electron chi connectivity index (χ2n) is 4.92. The van der Waals surface area contributed by atoms with E-state index < -0.39 is 0 Å². The van der Waals surface area contributed by atoms with Gasteiger partial charge in [0.1, 0.15) is 0 Å². The summed E-state index contributed by atoms with van der Waals surface area (Å²) >= 11 is 0. The Morgan fingerprint density at radius 1 is 1.40 bits per heavy atom. The van der Waals surface area contributed by atoms with Crippen LogP contribution in [-0.4, -0.2) is 36.3 Å². The number of carbonyl (C=O) groups is 2. The summed E-state index contributed by atoms with van der Waals surface area (Å²) in [6.45, 7) is 3.79. The fraction of sp³-hybridized carbons (Fsp3) is 0.333. The number of nitrogens with zero attached hydrogens (tertiary/aromatic N) is 1. The van der Waals surface area contributed by atoms with Crippen LogP contribution in [0.4, 0.5) is 5.69 Å². The Morgan fingerprint density at radius 2 is 2.10 bits per heavy atom. The lowest BCUT2D eigenvalue weighted by Gasteiger charge is -2.16. The molecular formula is C15H21N3O2. The van der Waals surface area contributed by atoms with Crippen molar-refractivity contribution in [1.29, 1.82) is 0 Å². The van der Waals surface area contributed by atoms with Gasteiger partial charge >= 0.3 is 0 Å². The standard InChI is InChI=1S/C15H21N3O2/c1-11(2)17-14(19)10-18(3)15(20)8-7-12-5-4-6-13(16)9-12/h4-9,11H,10,16H2,1-3H3,(H,17,19)/b8-7+. The molecule has 0 saturated heterocycles. The average Bonchev–Trinajstić information content (AvgIpc) is 2.34. The van der Waals surface area contributed by atoms with Crippen molar-refractivity contribution < 1.29 is 9.59 Å². The van der Waals surface area contributed by atoms with Crippen molar-refractivity contribution in [3.8, 4) is 0 Å². The van der Waals surface area contributed by atoms with E-state index in [4.69, 9.17) is 5.73 Å². The molecule has 1 aromatic rings. The molecule has 0 bridgehead atoms. The van der Waals surface area contributed by atoms with E-state index in [1.54, 1.807) is 25.3 Å². The minimum absolute atomic E-state index is 0.0400. The van der Waals surface area contributed by atoms with Gasteiger partial charge < -0.3 is 16.0 Å². The largest absolute Gasteiger partial charge is 0.399 e. The molecule has 20 heavy (non-hydrogen) atoms. The zero-order valence-electron chi connectivity index (χ0n) is 12.1. The smallest absolute Gasteiger partial charge is 0.246 e. The van der Waals surface area contributed by atoms with E-state index in [1.165, 1.54) is 11.0 Å². The molecule has 0 unspecified atom stereocenters. The van der Waals surface area contributed by atoms with Crippen LogP contribution in [0.2, 0.25) is 0 Å². The van der Waals surface area contributed by atoms with E-state index in [9.17, 15) is 9.59 Å².